The Morgan fingerprint density at radius 1 is 0.380 bits per heavy atom. The lowest BCUT2D eigenvalue weighted by molar-refractivity contribution is -0.471. The molecule has 3 aromatic rings. The molecule has 2 fully saturated rings. The molecule has 2 amide bonds. The Bertz CT molecular complexity index is 2950. The third kappa shape index (κ3) is 28.3. The summed E-state index contributed by atoms with van der Waals surface area (Å²) in [6.07, 6.45) is -62.7. The topological polar surface area (TPSA) is 114 Å². The molecule has 576 valence electrons. The number of benzene rings is 3. The van der Waals surface area contributed by atoms with E-state index in [1.807, 2.05) is 99.6 Å². The molecule has 48 heteroatoms. The first-order chi connectivity index (χ1) is 44.1. The van der Waals surface area contributed by atoms with Crippen LogP contribution in [0.15, 0.2) is 60.7 Å². The van der Waals surface area contributed by atoms with Gasteiger partial charge in [0, 0.05) is 25.5 Å². The fourth-order valence-corrected chi connectivity index (χ4v) is 6.77. The molecule has 100 heavy (non-hydrogen) atoms. The number of aryl methyl sites for hydroxylation is 2. The van der Waals surface area contributed by atoms with Crippen molar-refractivity contribution in [1.82, 2.24) is 0 Å². The SMILES string of the molecule is CN(C(=O)CC(F)(F)F)c1cc(B2OC(C)(C)C(C)(C)O2)cc(B2OC(C)(C)C(C)(C)O2)c1.Cc1ccc(-c2cc(C)cc(N(C)C(=O)CC(F)(F)F)c2)cc1.FOC(F)(F)C(F)(F)C(F)(F)F.FOC(F)(F)C(F)(F)C(F)(F)F.FOC(F)(F)CC(F)(F)F.FOC(F)(F)CC(F)(F)F. The predicted octanol–water partition coefficient (Wildman–Crippen LogP) is 18.3. The molecule has 0 radical (unpaired) electrons. The summed E-state index contributed by atoms with van der Waals surface area (Å²) in [5.74, 6) is -15.1. The smallest absolute Gasteiger partial charge is 0.399 e. The van der Waals surface area contributed by atoms with Gasteiger partial charge >= 0.3 is 87.6 Å². The van der Waals surface area contributed by atoms with E-state index in [0.717, 1.165) is 32.1 Å². The Hall–Kier alpha value is -5.97. The largest absolute Gasteiger partial charge is 0.494 e. The molecule has 3 aromatic carbocycles. The van der Waals surface area contributed by atoms with Gasteiger partial charge < -0.3 is 28.4 Å². The number of carbonyl (C=O) groups excluding carboxylic acids is 2. The monoisotopic (exact) mass is 1530 g/mol. The molecular weight excluding hydrogens is 1480 g/mol. The molecule has 0 N–H and O–H groups in total. The minimum atomic E-state index is -6.57. The number of amides is 2. The van der Waals surface area contributed by atoms with E-state index in [4.69, 9.17) is 18.6 Å². The first-order valence-corrected chi connectivity index (χ1v) is 26.5. The Labute approximate surface area is 543 Å². The number of carbonyl (C=O) groups is 2. The average molecular weight is 1530 g/mol. The predicted molar refractivity (Wildman–Crippen MR) is 279 cm³/mol. The highest BCUT2D eigenvalue weighted by Crippen LogP contribution is 2.49. The normalized spacial score (nSPS) is 16.6. The van der Waals surface area contributed by atoms with Crippen LogP contribution in [0.4, 0.5) is 161 Å². The zero-order valence-corrected chi connectivity index (χ0v) is 52.6. The van der Waals surface area contributed by atoms with Crippen LogP contribution in [0.25, 0.3) is 11.1 Å². The van der Waals surface area contributed by atoms with Crippen LogP contribution in [-0.2, 0) is 48.0 Å². The molecule has 0 saturated carbocycles. The van der Waals surface area contributed by atoms with Crippen molar-refractivity contribution in [3.05, 3.63) is 71.8 Å². The van der Waals surface area contributed by atoms with Crippen LogP contribution in [0.3, 0.4) is 0 Å². The molecule has 0 bridgehead atoms. The van der Waals surface area contributed by atoms with E-state index >= 15 is 0 Å². The van der Waals surface area contributed by atoms with Crippen LogP contribution in [-0.4, -0.2) is 136 Å². The Balaban J connectivity index is 0.00000127. The second-order valence-corrected chi connectivity index (χ2v) is 22.8. The molecule has 2 aliphatic rings. The summed E-state index contributed by atoms with van der Waals surface area (Å²) >= 11 is 0. The highest BCUT2D eigenvalue weighted by atomic mass is 19.5. The van der Waals surface area contributed by atoms with Crippen LogP contribution in [0.2, 0.25) is 0 Å². The van der Waals surface area contributed by atoms with Gasteiger partial charge in [0.25, 0.3) is 0 Å². The van der Waals surface area contributed by atoms with Crippen molar-refractivity contribution in [3.63, 3.8) is 0 Å². The molecule has 2 heterocycles. The molecule has 0 aliphatic carbocycles. The number of rotatable bonds is 15. The zero-order valence-electron chi connectivity index (χ0n) is 52.6. The van der Waals surface area contributed by atoms with Gasteiger partial charge in [-0.15, -0.1) is 19.8 Å². The van der Waals surface area contributed by atoms with Crippen LogP contribution in [0, 0.1) is 13.8 Å². The maximum absolute atomic E-state index is 12.8. The molecule has 12 nitrogen and oxygen atoms in total. The summed E-state index contributed by atoms with van der Waals surface area (Å²) in [5.41, 5.74) is 3.20. The van der Waals surface area contributed by atoms with Gasteiger partial charge in [0.15, 0.2) is 0 Å². The molecule has 0 spiro atoms. The number of anilines is 2. The fraction of sp³-hybridized carbons (Fsp3) is 0.615. The van der Waals surface area contributed by atoms with Gasteiger partial charge in [-0.2, -0.15) is 132 Å². The van der Waals surface area contributed by atoms with Gasteiger partial charge in [0.1, 0.15) is 25.7 Å². The van der Waals surface area contributed by atoms with E-state index in [2.05, 4.69) is 0 Å². The van der Waals surface area contributed by atoms with Crippen LogP contribution in [0.1, 0.15) is 92.2 Å². The summed E-state index contributed by atoms with van der Waals surface area (Å²) in [6.45, 7) is 19.1. The average Bonchev–Trinajstić information content (AvgIpc) is 1.54. The van der Waals surface area contributed by atoms with Gasteiger partial charge in [-0.3, -0.25) is 9.59 Å². The molecule has 0 atom stereocenters. The fourth-order valence-electron chi connectivity index (χ4n) is 6.77. The maximum atomic E-state index is 12.8. The summed E-state index contributed by atoms with van der Waals surface area (Å²) in [6, 6.07) is 18.2. The Kier molecular flexibility index (Phi) is 31.2. The van der Waals surface area contributed by atoms with Gasteiger partial charge in [-0.25, -0.2) is 0 Å². The third-order valence-electron chi connectivity index (χ3n) is 13.4. The van der Waals surface area contributed by atoms with E-state index < -0.39 is 147 Å². The molecular formula is C52H54B2F34N2O10. The van der Waals surface area contributed by atoms with E-state index in [1.54, 1.807) is 40.2 Å². The number of halogens is 34. The van der Waals surface area contributed by atoms with E-state index in [0.29, 0.717) is 16.6 Å². The standard InChI is InChI=1S/C22H32B2F3NO5.C18H18F3NO.2C3F8O.2C3H2F6O/c1-18(2)19(3,4)31-23(30-18)14-10-15(24-32-20(5,6)21(7,8)33-24)12-16(11-14)28(9)17(29)13-22(25,26)27;1-12-4-6-14(7-5-12)15-8-13(2)9-16(10-15)22(3)17(23)11-18(19,20)21;2*4-1(5,2(6,7)8)3(9,10)12-11;2*4-2(5,6)1-3(7,8)10-9/h10-12H,13H2,1-9H3;4-10H,11H2,1-3H3;;;2*1H2. The van der Waals surface area contributed by atoms with Gasteiger partial charge in [0.05, 0.1) is 22.4 Å². The molecule has 2 saturated heterocycles. The summed E-state index contributed by atoms with van der Waals surface area (Å²) in [5, 5.41) is 0. The van der Waals surface area contributed by atoms with Crippen LogP contribution in [0.5, 0.6) is 0 Å². The Morgan fingerprint density at radius 3 is 0.880 bits per heavy atom. The van der Waals surface area contributed by atoms with Crippen molar-refractivity contribution in [2.45, 2.75) is 191 Å². The summed E-state index contributed by atoms with van der Waals surface area (Å²) in [4.78, 5) is 32.1. The lowest BCUT2D eigenvalue weighted by Gasteiger charge is -2.32. The highest BCUT2D eigenvalue weighted by molar-refractivity contribution is 6.66. The number of alkyl halides is 30. The van der Waals surface area contributed by atoms with E-state index in [9.17, 15) is 159 Å². The Morgan fingerprint density at radius 2 is 0.660 bits per heavy atom. The summed E-state index contributed by atoms with van der Waals surface area (Å²) < 4.78 is 411. The second kappa shape index (κ2) is 33.2. The molecule has 5 rings (SSSR count). The minimum Gasteiger partial charge on any atom is -0.399 e. The molecule has 2 aliphatic heterocycles. The lowest BCUT2D eigenvalue weighted by atomic mass is 9.71. The molecule has 0 aromatic heterocycles. The van der Waals surface area contributed by atoms with Crippen molar-refractivity contribution in [3.8, 4) is 11.1 Å². The zero-order chi connectivity index (χ0) is 79.6. The van der Waals surface area contributed by atoms with Gasteiger partial charge in [-0.1, -0.05) is 42.0 Å². The van der Waals surface area contributed by atoms with Crippen molar-refractivity contribution in [1.29, 1.82) is 0 Å². The van der Waals surface area contributed by atoms with Crippen LogP contribution >= 0.6 is 0 Å². The lowest BCUT2D eigenvalue weighted by Crippen LogP contribution is -2.52. The second-order valence-electron chi connectivity index (χ2n) is 22.8. The van der Waals surface area contributed by atoms with E-state index in [1.165, 1.54) is 24.0 Å². The van der Waals surface area contributed by atoms with Gasteiger partial charge in [-0.05, 0) is 139 Å². The number of hydrogen-bond acceptors (Lipinski definition) is 10. The minimum absolute atomic E-state index is 0.265. The van der Waals surface area contributed by atoms with E-state index in [-0.39, 0.29) is 5.69 Å². The molecule has 0 unspecified atom stereocenters. The van der Waals surface area contributed by atoms with Crippen molar-refractivity contribution >= 4 is 48.4 Å². The third-order valence-corrected chi connectivity index (χ3v) is 13.4. The van der Waals surface area contributed by atoms with Gasteiger partial charge in [0.2, 0.25) is 11.8 Å². The summed E-state index contributed by atoms with van der Waals surface area (Å²) in [7, 11) is 1.12. The number of hydrogen-bond donors (Lipinski definition) is 0. The van der Waals surface area contributed by atoms with Crippen molar-refractivity contribution in [2.75, 3.05) is 23.9 Å². The maximum Gasteiger partial charge on any atom is 0.494 e. The van der Waals surface area contributed by atoms with Crippen molar-refractivity contribution in [2.24, 2.45) is 0 Å². The number of nitrogens with zero attached hydrogens (tertiary/aromatic N) is 2. The highest BCUT2D eigenvalue weighted by Gasteiger charge is 2.76. The van der Waals surface area contributed by atoms with Crippen molar-refractivity contribution < 1.29 is 198 Å². The first kappa shape index (κ1) is 94.0. The quantitative estimate of drug-likeness (QED) is 0.108. The first-order valence-electron chi connectivity index (χ1n) is 26.5. The van der Waals surface area contributed by atoms with Crippen LogP contribution < -0.4 is 20.7 Å².